The van der Waals surface area contributed by atoms with E-state index < -0.39 is 0 Å². The van der Waals surface area contributed by atoms with Crippen LogP contribution in [0.15, 0.2) is 18.2 Å². The Morgan fingerprint density at radius 1 is 1.12 bits per heavy atom. The van der Waals surface area contributed by atoms with Gasteiger partial charge in [0.25, 0.3) is 0 Å². The lowest BCUT2D eigenvalue weighted by Crippen LogP contribution is -2.33. The van der Waals surface area contributed by atoms with Crippen molar-refractivity contribution in [3.8, 4) is 11.5 Å². The summed E-state index contributed by atoms with van der Waals surface area (Å²) in [5.74, 6) is 2.26. The molecule has 0 N–H and O–H groups in total. The molecule has 7 heteroatoms. The van der Waals surface area contributed by atoms with Gasteiger partial charge in [0.15, 0.2) is 0 Å². The first-order valence-electron chi connectivity index (χ1n) is 8.55. The summed E-state index contributed by atoms with van der Waals surface area (Å²) in [6.45, 7) is 2.18. The molecule has 1 aromatic carbocycles. The van der Waals surface area contributed by atoms with Gasteiger partial charge < -0.3 is 19.3 Å². The van der Waals surface area contributed by atoms with Gasteiger partial charge in [-0.2, -0.15) is 0 Å². The lowest BCUT2D eigenvalue weighted by molar-refractivity contribution is -0.128. The van der Waals surface area contributed by atoms with Gasteiger partial charge in [0.05, 0.1) is 25.5 Å². The number of carbonyl (C=O) groups is 2. The molecule has 0 spiro atoms. The Labute approximate surface area is 152 Å². The molecule has 1 atom stereocenters. The van der Waals surface area contributed by atoms with Gasteiger partial charge in [0, 0.05) is 26.1 Å². The van der Waals surface area contributed by atoms with E-state index in [0.717, 1.165) is 36.4 Å². The Kier molecular flexibility index (Phi) is 5.73. The minimum Gasteiger partial charge on any atom is -0.496 e. The molecule has 136 valence electrons. The summed E-state index contributed by atoms with van der Waals surface area (Å²) >= 11 is 1.59. The number of hydrogen-bond acceptors (Lipinski definition) is 5. The standard InChI is InChI=1S/C18H24N2O4S/c1-23-13-6-3-7-14(24-2)17(13)18-20(16(22)12-25-18)11-5-10-19-9-4-8-15(19)21/h3,6-7,18H,4-5,8-12H2,1-2H3. The van der Waals surface area contributed by atoms with Crippen molar-refractivity contribution in [2.45, 2.75) is 24.6 Å². The van der Waals surface area contributed by atoms with E-state index in [2.05, 4.69) is 0 Å². The molecule has 25 heavy (non-hydrogen) atoms. The monoisotopic (exact) mass is 364 g/mol. The topological polar surface area (TPSA) is 59.1 Å². The first kappa shape index (κ1) is 17.9. The van der Waals surface area contributed by atoms with E-state index in [-0.39, 0.29) is 17.2 Å². The molecular weight excluding hydrogens is 340 g/mol. The number of ether oxygens (including phenoxy) is 2. The maximum absolute atomic E-state index is 12.4. The summed E-state index contributed by atoms with van der Waals surface area (Å²) in [6.07, 6.45) is 2.38. The highest BCUT2D eigenvalue weighted by atomic mass is 32.2. The highest BCUT2D eigenvalue weighted by Gasteiger charge is 2.36. The number of hydrogen-bond donors (Lipinski definition) is 0. The van der Waals surface area contributed by atoms with Crippen molar-refractivity contribution in [1.82, 2.24) is 9.80 Å². The molecule has 1 aromatic rings. The summed E-state index contributed by atoms with van der Waals surface area (Å²) < 4.78 is 11.0. The third-order valence-electron chi connectivity index (χ3n) is 4.68. The van der Waals surface area contributed by atoms with E-state index in [1.165, 1.54) is 0 Å². The van der Waals surface area contributed by atoms with Crippen molar-refractivity contribution in [2.75, 3.05) is 39.6 Å². The number of benzene rings is 1. The van der Waals surface area contributed by atoms with Crippen LogP contribution >= 0.6 is 11.8 Å². The van der Waals surface area contributed by atoms with Crippen LogP contribution in [0, 0.1) is 0 Å². The fraction of sp³-hybridized carbons (Fsp3) is 0.556. The number of amides is 2. The second-order valence-corrected chi connectivity index (χ2v) is 7.23. The zero-order valence-corrected chi connectivity index (χ0v) is 15.5. The second-order valence-electron chi connectivity index (χ2n) is 6.16. The predicted molar refractivity (Wildman–Crippen MR) is 96.9 cm³/mol. The zero-order valence-electron chi connectivity index (χ0n) is 14.7. The van der Waals surface area contributed by atoms with Crippen LogP contribution in [0.25, 0.3) is 0 Å². The summed E-state index contributed by atoms with van der Waals surface area (Å²) in [5.41, 5.74) is 0.903. The Morgan fingerprint density at radius 3 is 2.44 bits per heavy atom. The van der Waals surface area contributed by atoms with Crippen LogP contribution in [-0.2, 0) is 9.59 Å². The van der Waals surface area contributed by atoms with Crippen molar-refractivity contribution >= 4 is 23.6 Å². The average molecular weight is 364 g/mol. The number of carbonyl (C=O) groups excluding carboxylic acids is 2. The van der Waals surface area contributed by atoms with Crippen LogP contribution in [-0.4, -0.2) is 61.2 Å². The average Bonchev–Trinajstić information content (AvgIpc) is 3.20. The molecule has 2 aliphatic rings. The number of rotatable bonds is 7. The van der Waals surface area contributed by atoms with Gasteiger partial charge >= 0.3 is 0 Å². The van der Waals surface area contributed by atoms with Gasteiger partial charge in [-0.05, 0) is 25.0 Å². The van der Waals surface area contributed by atoms with Crippen LogP contribution in [0.3, 0.4) is 0 Å². The Bertz CT molecular complexity index is 630. The summed E-state index contributed by atoms with van der Waals surface area (Å²) in [4.78, 5) is 27.9. The van der Waals surface area contributed by atoms with Crippen LogP contribution < -0.4 is 9.47 Å². The molecule has 2 fully saturated rings. The van der Waals surface area contributed by atoms with Crippen LogP contribution in [0.2, 0.25) is 0 Å². The molecule has 1 unspecified atom stereocenters. The van der Waals surface area contributed by atoms with Gasteiger partial charge in [0.2, 0.25) is 11.8 Å². The van der Waals surface area contributed by atoms with Crippen molar-refractivity contribution in [3.05, 3.63) is 23.8 Å². The zero-order chi connectivity index (χ0) is 17.8. The van der Waals surface area contributed by atoms with Gasteiger partial charge in [-0.1, -0.05) is 6.07 Å². The van der Waals surface area contributed by atoms with E-state index >= 15 is 0 Å². The van der Waals surface area contributed by atoms with E-state index in [0.29, 0.717) is 25.3 Å². The largest absolute Gasteiger partial charge is 0.496 e. The van der Waals surface area contributed by atoms with E-state index in [9.17, 15) is 9.59 Å². The summed E-state index contributed by atoms with van der Waals surface area (Å²) in [6, 6.07) is 5.66. The van der Waals surface area contributed by atoms with Gasteiger partial charge in [-0.15, -0.1) is 11.8 Å². The van der Waals surface area contributed by atoms with Gasteiger partial charge in [0.1, 0.15) is 16.9 Å². The molecule has 0 aliphatic carbocycles. The third-order valence-corrected chi connectivity index (χ3v) is 5.90. The smallest absolute Gasteiger partial charge is 0.233 e. The highest BCUT2D eigenvalue weighted by Crippen LogP contribution is 2.46. The van der Waals surface area contributed by atoms with Crippen LogP contribution in [0.1, 0.15) is 30.2 Å². The maximum Gasteiger partial charge on any atom is 0.233 e. The van der Waals surface area contributed by atoms with Crippen molar-refractivity contribution in [3.63, 3.8) is 0 Å². The third kappa shape index (κ3) is 3.71. The normalized spacial score (nSPS) is 20.5. The predicted octanol–water partition coefficient (Wildman–Crippen LogP) is 2.29. The molecule has 2 aliphatic heterocycles. The molecule has 0 radical (unpaired) electrons. The van der Waals surface area contributed by atoms with E-state index in [1.807, 2.05) is 28.0 Å². The van der Waals surface area contributed by atoms with Gasteiger partial charge in [-0.25, -0.2) is 0 Å². The van der Waals surface area contributed by atoms with Crippen LogP contribution in [0.5, 0.6) is 11.5 Å². The highest BCUT2D eigenvalue weighted by molar-refractivity contribution is 8.00. The molecular formula is C18H24N2O4S. The molecule has 0 aromatic heterocycles. The number of likely N-dealkylation sites (tertiary alicyclic amines) is 1. The molecule has 3 rings (SSSR count). The molecule has 2 saturated heterocycles. The lowest BCUT2D eigenvalue weighted by Gasteiger charge is -2.27. The quantitative estimate of drug-likeness (QED) is 0.743. The van der Waals surface area contributed by atoms with Crippen LogP contribution in [0.4, 0.5) is 0 Å². The summed E-state index contributed by atoms with van der Waals surface area (Å²) in [5, 5.41) is -0.118. The summed E-state index contributed by atoms with van der Waals surface area (Å²) in [7, 11) is 3.26. The number of thioether (sulfide) groups is 1. The minimum atomic E-state index is -0.118. The first-order valence-corrected chi connectivity index (χ1v) is 9.60. The number of nitrogens with zero attached hydrogens (tertiary/aromatic N) is 2. The molecule has 2 amide bonds. The fourth-order valence-corrected chi connectivity index (χ4v) is 4.70. The molecule has 6 nitrogen and oxygen atoms in total. The van der Waals surface area contributed by atoms with Gasteiger partial charge in [-0.3, -0.25) is 9.59 Å². The maximum atomic E-state index is 12.4. The Balaban J connectivity index is 1.72. The minimum absolute atomic E-state index is 0.118. The fourth-order valence-electron chi connectivity index (χ4n) is 3.43. The molecule has 0 bridgehead atoms. The molecule has 0 saturated carbocycles. The first-order chi connectivity index (χ1) is 12.2. The van der Waals surface area contributed by atoms with Crippen molar-refractivity contribution < 1.29 is 19.1 Å². The Hall–Kier alpha value is -1.89. The van der Waals surface area contributed by atoms with E-state index in [1.54, 1.807) is 26.0 Å². The SMILES string of the molecule is COc1cccc(OC)c1C1SCC(=O)N1CCCN1CCCC1=O. The number of methoxy groups -OCH3 is 2. The lowest BCUT2D eigenvalue weighted by atomic mass is 10.1. The molecule has 2 heterocycles. The Morgan fingerprint density at radius 2 is 1.84 bits per heavy atom. The van der Waals surface area contributed by atoms with E-state index in [4.69, 9.17) is 9.47 Å². The second kappa shape index (κ2) is 7.99. The van der Waals surface area contributed by atoms with Crippen molar-refractivity contribution in [2.24, 2.45) is 0 Å². The van der Waals surface area contributed by atoms with Crippen molar-refractivity contribution in [1.29, 1.82) is 0 Å².